The van der Waals surface area contributed by atoms with Gasteiger partial charge < -0.3 is 10.2 Å². The molecule has 1 saturated heterocycles. The van der Waals surface area contributed by atoms with E-state index in [0.29, 0.717) is 12.3 Å². The molecule has 0 bridgehead atoms. The summed E-state index contributed by atoms with van der Waals surface area (Å²) in [5.41, 5.74) is 2.98. The highest BCUT2D eigenvalue weighted by atomic mass is 16.2. The second-order valence-electron chi connectivity index (χ2n) is 7.64. The van der Waals surface area contributed by atoms with Crippen molar-refractivity contribution in [2.45, 2.75) is 58.3 Å². The third-order valence-electron chi connectivity index (χ3n) is 4.62. The molecule has 1 aromatic carbocycles. The summed E-state index contributed by atoms with van der Waals surface area (Å²) in [4.78, 5) is 14.2. The van der Waals surface area contributed by atoms with E-state index < -0.39 is 0 Å². The number of nitrogens with zero attached hydrogens (tertiary/aromatic N) is 1. The maximum Gasteiger partial charge on any atom is 0.222 e. The standard InChI is InChI=1S/C20H32N2O/c1-20(2,3)18-11-9-17(10-12-18)7-4-5-8-19(23)22-15-6-13-21-14-16-22/h9-12,21H,4-8,13-16H2,1-3H3. The Bertz CT molecular complexity index is 479. The number of benzene rings is 1. The van der Waals surface area contributed by atoms with Crippen molar-refractivity contribution in [3.05, 3.63) is 35.4 Å². The van der Waals surface area contributed by atoms with Gasteiger partial charge in [0.15, 0.2) is 0 Å². The number of unbranched alkanes of at least 4 members (excludes halogenated alkanes) is 1. The van der Waals surface area contributed by atoms with Crippen LogP contribution < -0.4 is 5.32 Å². The van der Waals surface area contributed by atoms with Crippen LogP contribution in [0.1, 0.15) is 57.6 Å². The van der Waals surface area contributed by atoms with E-state index in [4.69, 9.17) is 0 Å². The van der Waals surface area contributed by atoms with E-state index in [2.05, 4.69) is 50.4 Å². The molecular formula is C20H32N2O. The van der Waals surface area contributed by atoms with Crippen LogP contribution in [0.4, 0.5) is 0 Å². The number of carbonyl (C=O) groups excluding carboxylic acids is 1. The molecule has 1 fully saturated rings. The van der Waals surface area contributed by atoms with E-state index in [1.165, 1.54) is 11.1 Å². The number of hydrogen-bond acceptors (Lipinski definition) is 2. The van der Waals surface area contributed by atoms with Gasteiger partial charge in [0.25, 0.3) is 0 Å². The van der Waals surface area contributed by atoms with Crippen molar-refractivity contribution in [1.82, 2.24) is 10.2 Å². The van der Waals surface area contributed by atoms with E-state index in [0.717, 1.165) is 51.9 Å². The average Bonchev–Trinajstić information content (AvgIpc) is 2.80. The topological polar surface area (TPSA) is 32.3 Å². The molecule has 0 unspecified atom stereocenters. The Labute approximate surface area is 141 Å². The van der Waals surface area contributed by atoms with Gasteiger partial charge in [0.05, 0.1) is 0 Å². The van der Waals surface area contributed by atoms with Gasteiger partial charge in [-0.15, -0.1) is 0 Å². The molecule has 0 aromatic heterocycles. The number of nitrogens with one attached hydrogen (secondary N) is 1. The summed E-state index contributed by atoms with van der Waals surface area (Å²) in [6, 6.07) is 8.96. The minimum Gasteiger partial charge on any atom is -0.341 e. The molecule has 128 valence electrons. The molecule has 0 spiro atoms. The van der Waals surface area contributed by atoms with Crippen molar-refractivity contribution in [2.75, 3.05) is 26.2 Å². The van der Waals surface area contributed by atoms with Crippen LogP contribution in [0.3, 0.4) is 0 Å². The lowest BCUT2D eigenvalue weighted by Gasteiger charge is -2.20. The molecule has 3 nitrogen and oxygen atoms in total. The third kappa shape index (κ3) is 5.98. The quantitative estimate of drug-likeness (QED) is 0.843. The normalized spacial score (nSPS) is 16.2. The summed E-state index contributed by atoms with van der Waals surface area (Å²) in [5, 5.41) is 3.34. The Balaban J connectivity index is 1.69. The highest BCUT2D eigenvalue weighted by molar-refractivity contribution is 5.76. The zero-order chi connectivity index (χ0) is 16.7. The monoisotopic (exact) mass is 316 g/mol. The average molecular weight is 316 g/mol. The Morgan fingerprint density at radius 2 is 1.83 bits per heavy atom. The van der Waals surface area contributed by atoms with E-state index in [9.17, 15) is 4.79 Å². The summed E-state index contributed by atoms with van der Waals surface area (Å²) in [7, 11) is 0. The fraction of sp³-hybridized carbons (Fsp3) is 0.650. The lowest BCUT2D eigenvalue weighted by atomic mass is 9.86. The van der Waals surface area contributed by atoms with Crippen LogP contribution in [0.25, 0.3) is 0 Å². The summed E-state index contributed by atoms with van der Waals surface area (Å²) in [6.07, 6.45) is 4.92. The van der Waals surface area contributed by atoms with Crippen molar-refractivity contribution in [2.24, 2.45) is 0 Å². The van der Waals surface area contributed by atoms with Gasteiger partial charge in [-0.05, 0) is 48.8 Å². The van der Waals surface area contributed by atoms with E-state index in [1.807, 2.05) is 4.90 Å². The second kappa shape index (κ2) is 8.49. The molecule has 1 aromatic rings. The van der Waals surface area contributed by atoms with Gasteiger partial charge in [-0.2, -0.15) is 0 Å². The molecule has 1 heterocycles. The first-order chi connectivity index (χ1) is 11.0. The van der Waals surface area contributed by atoms with Gasteiger partial charge >= 0.3 is 0 Å². The van der Waals surface area contributed by atoms with Gasteiger partial charge in [0, 0.05) is 26.1 Å². The lowest BCUT2D eigenvalue weighted by Crippen LogP contribution is -2.33. The SMILES string of the molecule is CC(C)(C)c1ccc(CCCCC(=O)N2CCCNCC2)cc1. The first kappa shape index (κ1) is 18.0. The lowest BCUT2D eigenvalue weighted by molar-refractivity contribution is -0.131. The number of aryl methyl sites for hydroxylation is 1. The molecule has 0 radical (unpaired) electrons. The molecular weight excluding hydrogens is 284 g/mol. The Morgan fingerprint density at radius 1 is 1.09 bits per heavy atom. The first-order valence-electron chi connectivity index (χ1n) is 9.05. The molecule has 1 aliphatic heterocycles. The Kier molecular flexibility index (Phi) is 6.64. The molecule has 23 heavy (non-hydrogen) atoms. The minimum atomic E-state index is 0.215. The first-order valence-corrected chi connectivity index (χ1v) is 9.05. The predicted octanol–water partition coefficient (Wildman–Crippen LogP) is 3.52. The largest absolute Gasteiger partial charge is 0.341 e. The van der Waals surface area contributed by atoms with Crippen LogP contribution in [-0.2, 0) is 16.6 Å². The summed E-state index contributed by atoms with van der Waals surface area (Å²) in [6.45, 7) is 10.5. The molecule has 1 N–H and O–H groups in total. The Hall–Kier alpha value is -1.35. The van der Waals surface area contributed by atoms with E-state index in [1.54, 1.807) is 0 Å². The maximum absolute atomic E-state index is 12.2. The third-order valence-corrected chi connectivity index (χ3v) is 4.62. The van der Waals surface area contributed by atoms with Crippen molar-refractivity contribution >= 4 is 5.91 Å². The summed E-state index contributed by atoms with van der Waals surface area (Å²) in [5.74, 6) is 0.330. The van der Waals surface area contributed by atoms with Crippen LogP contribution in [0.15, 0.2) is 24.3 Å². The molecule has 3 heteroatoms. The van der Waals surface area contributed by atoms with Gasteiger partial charge in [-0.3, -0.25) is 4.79 Å². The highest BCUT2D eigenvalue weighted by Gasteiger charge is 2.15. The molecule has 0 atom stereocenters. The van der Waals surface area contributed by atoms with Gasteiger partial charge in [-0.25, -0.2) is 0 Å². The van der Waals surface area contributed by atoms with Crippen LogP contribution in [0.5, 0.6) is 0 Å². The predicted molar refractivity (Wildman–Crippen MR) is 96.8 cm³/mol. The molecule has 1 aliphatic rings. The van der Waals surface area contributed by atoms with Crippen LogP contribution in [0.2, 0.25) is 0 Å². The maximum atomic E-state index is 12.2. The van der Waals surface area contributed by atoms with Crippen LogP contribution >= 0.6 is 0 Å². The van der Waals surface area contributed by atoms with Crippen molar-refractivity contribution in [3.8, 4) is 0 Å². The number of hydrogen-bond donors (Lipinski definition) is 1. The summed E-state index contributed by atoms with van der Waals surface area (Å²) < 4.78 is 0. The number of amides is 1. The Morgan fingerprint density at radius 3 is 2.52 bits per heavy atom. The van der Waals surface area contributed by atoms with Crippen molar-refractivity contribution < 1.29 is 4.79 Å². The molecule has 1 amide bonds. The zero-order valence-electron chi connectivity index (χ0n) is 15.0. The van der Waals surface area contributed by atoms with Gasteiger partial charge in [0.1, 0.15) is 0 Å². The second-order valence-corrected chi connectivity index (χ2v) is 7.64. The van der Waals surface area contributed by atoms with Crippen molar-refractivity contribution in [3.63, 3.8) is 0 Å². The molecule has 0 saturated carbocycles. The molecule has 0 aliphatic carbocycles. The van der Waals surface area contributed by atoms with Crippen LogP contribution in [0, 0.1) is 0 Å². The van der Waals surface area contributed by atoms with Crippen molar-refractivity contribution in [1.29, 1.82) is 0 Å². The van der Waals surface area contributed by atoms with Gasteiger partial charge in [0.2, 0.25) is 5.91 Å². The summed E-state index contributed by atoms with van der Waals surface area (Å²) >= 11 is 0. The van der Waals surface area contributed by atoms with Crippen LogP contribution in [-0.4, -0.2) is 37.0 Å². The fourth-order valence-electron chi connectivity index (χ4n) is 3.03. The highest BCUT2D eigenvalue weighted by Crippen LogP contribution is 2.22. The smallest absolute Gasteiger partial charge is 0.222 e. The minimum absolute atomic E-state index is 0.215. The number of rotatable bonds is 5. The fourth-order valence-corrected chi connectivity index (χ4v) is 3.03. The zero-order valence-corrected chi connectivity index (χ0v) is 15.0. The molecule has 2 rings (SSSR count). The number of carbonyl (C=O) groups is 1. The van der Waals surface area contributed by atoms with E-state index in [-0.39, 0.29) is 5.41 Å². The van der Waals surface area contributed by atoms with E-state index >= 15 is 0 Å². The van der Waals surface area contributed by atoms with Gasteiger partial charge in [-0.1, -0.05) is 45.0 Å².